The highest BCUT2D eigenvalue weighted by atomic mass is 32.2. The molecule has 0 spiro atoms. The highest BCUT2D eigenvalue weighted by Gasteiger charge is 2.26. The number of amides is 3. The van der Waals surface area contributed by atoms with Crippen molar-refractivity contribution >= 4 is 40.8 Å². The highest BCUT2D eigenvalue weighted by Crippen LogP contribution is 2.22. The Bertz CT molecular complexity index is 849. The summed E-state index contributed by atoms with van der Waals surface area (Å²) in [6.07, 6.45) is 5.17. The molecule has 3 heterocycles. The third kappa shape index (κ3) is 5.80. The number of thioether (sulfide) groups is 1. The summed E-state index contributed by atoms with van der Waals surface area (Å²) in [5, 5.41) is 8.00. The van der Waals surface area contributed by atoms with E-state index in [1.165, 1.54) is 23.1 Å². The van der Waals surface area contributed by atoms with Crippen molar-refractivity contribution in [2.75, 3.05) is 25.9 Å². The number of rotatable bonds is 6. The van der Waals surface area contributed by atoms with E-state index in [2.05, 4.69) is 15.6 Å². The lowest BCUT2D eigenvalue weighted by molar-refractivity contribution is -0.139. The summed E-state index contributed by atoms with van der Waals surface area (Å²) in [4.78, 5) is 43.7. The molecule has 0 aromatic carbocycles. The minimum absolute atomic E-state index is 0.00195. The summed E-state index contributed by atoms with van der Waals surface area (Å²) in [7, 11) is 0. The van der Waals surface area contributed by atoms with E-state index in [1.54, 1.807) is 12.3 Å². The smallest absolute Gasteiger partial charge is 0.309 e. The van der Waals surface area contributed by atoms with Crippen LogP contribution in [0.3, 0.4) is 0 Å². The number of nitrogens with zero attached hydrogens (tertiary/aromatic N) is 2. The lowest BCUT2D eigenvalue weighted by Gasteiger charge is -2.32. The molecular weight excluding hydrogens is 408 g/mol. The molecule has 2 aromatic heterocycles. The van der Waals surface area contributed by atoms with Crippen LogP contribution in [-0.2, 0) is 16.1 Å². The molecule has 0 saturated carbocycles. The van der Waals surface area contributed by atoms with Gasteiger partial charge in [-0.1, -0.05) is 6.07 Å². The van der Waals surface area contributed by atoms with Gasteiger partial charge in [0.1, 0.15) is 5.03 Å². The van der Waals surface area contributed by atoms with Crippen LogP contribution < -0.4 is 10.6 Å². The Kier molecular flexibility index (Phi) is 7.65. The van der Waals surface area contributed by atoms with Crippen LogP contribution in [0.4, 0.5) is 0 Å². The van der Waals surface area contributed by atoms with Gasteiger partial charge in [0.15, 0.2) is 0 Å². The SMILES string of the molecule is CSc1ncccc1C(=O)N1CCC(CNC(=O)C(=O)NCc2cccs2)CC1. The van der Waals surface area contributed by atoms with E-state index in [4.69, 9.17) is 0 Å². The van der Waals surface area contributed by atoms with Gasteiger partial charge in [-0.05, 0) is 48.6 Å². The summed E-state index contributed by atoms with van der Waals surface area (Å²) >= 11 is 2.99. The Morgan fingerprint density at radius 1 is 1.17 bits per heavy atom. The number of nitrogens with one attached hydrogen (secondary N) is 2. The summed E-state index contributed by atoms with van der Waals surface area (Å²) in [6.45, 7) is 2.06. The molecule has 2 aromatic rings. The quantitative estimate of drug-likeness (QED) is 0.539. The summed E-state index contributed by atoms with van der Waals surface area (Å²) in [6, 6.07) is 7.39. The van der Waals surface area contributed by atoms with E-state index in [0.29, 0.717) is 31.7 Å². The Morgan fingerprint density at radius 3 is 2.62 bits per heavy atom. The van der Waals surface area contributed by atoms with Gasteiger partial charge in [0, 0.05) is 30.7 Å². The van der Waals surface area contributed by atoms with Crippen molar-refractivity contribution in [1.82, 2.24) is 20.5 Å². The van der Waals surface area contributed by atoms with E-state index < -0.39 is 11.8 Å². The number of carbonyl (C=O) groups is 3. The van der Waals surface area contributed by atoms with E-state index in [0.717, 1.165) is 22.7 Å². The maximum absolute atomic E-state index is 12.8. The fourth-order valence-corrected chi connectivity index (χ4v) is 4.39. The number of pyridine rings is 1. The maximum atomic E-state index is 12.8. The first-order valence-electron chi connectivity index (χ1n) is 9.45. The largest absolute Gasteiger partial charge is 0.348 e. The molecule has 0 aliphatic carbocycles. The van der Waals surface area contributed by atoms with Gasteiger partial charge in [0.2, 0.25) is 0 Å². The summed E-state index contributed by atoms with van der Waals surface area (Å²) < 4.78 is 0. The van der Waals surface area contributed by atoms with Crippen LogP contribution in [0.5, 0.6) is 0 Å². The molecule has 1 aliphatic rings. The van der Waals surface area contributed by atoms with Crippen molar-refractivity contribution in [3.05, 3.63) is 46.3 Å². The molecule has 2 N–H and O–H groups in total. The van der Waals surface area contributed by atoms with Crippen LogP contribution in [0.2, 0.25) is 0 Å². The van der Waals surface area contributed by atoms with Crippen molar-refractivity contribution in [3.63, 3.8) is 0 Å². The molecule has 29 heavy (non-hydrogen) atoms. The predicted molar refractivity (Wildman–Crippen MR) is 114 cm³/mol. The Balaban J connectivity index is 1.41. The molecule has 0 unspecified atom stereocenters. The summed E-state index contributed by atoms with van der Waals surface area (Å²) in [5.74, 6) is -0.980. The van der Waals surface area contributed by atoms with Crippen LogP contribution in [0, 0.1) is 5.92 Å². The van der Waals surface area contributed by atoms with Gasteiger partial charge in [0.05, 0.1) is 12.1 Å². The van der Waals surface area contributed by atoms with Gasteiger partial charge in [-0.3, -0.25) is 14.4 Å². The van der Waals surface area contributed by atoms with Crippen LogP contribution >= 0.6 is 23.1 Å². The third-order valence-corrected chi connectivity index (χ3v) is 6.45. The van der Waals surface area contributed by atoms with Gasteiger partial charge in [-0.25, -0.2) is 4.98 Å². The van der Waals surface area contributed by atoms with Crippen molar-refractivity contribution in [2.45, 2.75) is 24.4 Å². The molecule has 3 amide bonds. The molecule has 0 radical (unpaired) electrons. The van der Waals surface area contributed by atoms with E-state index in [1.807, 2.05) is 34.7 Å². The average molecular weight is 433 g/mol. The van der Waals surface area contributed by atoms with Crippen LogP contribution in [0.25, 0.3) is 0 Å². The van der Waals surface area contributed by atoms with Crippen molar-refractivity contribution in [3.8, 4) is 0 Å². The standard InChI is InChI=1S/C20H24N4O3S2/c1-28-19-16(5-2-8-21-19)20(27)24-9-6-14(7-10-24)12-22-17(25)18(26)23-13-15-4-3-11-29-15/h2-5,8,11,14H,6-7,9-10,12-13H2,1H3,(H,22,25)(H,23,26). The zero-order valence-electron chi connectivity index (χ0n) is 16.2. The number of aromatic nitrogens is 1. The minimum atomic E-state index is -0.618. The van der Waals surface area contributed by atoms with Crippen LogP contribution in [-0.4, -0.2) is 53.5 Å². The molecule has 1 aliphatic heterocycles. The molecule has 0 bridgehead atoms. The molecule has 0 atom stereocenters. The van der Waals surface area contributed by atoms with Crippen LogP contribution in [0.15, 0.2) is 40.9 Å². The van der Waals surface area contributed by atoms with Gasteiger partial charge < -0.3 is 15.5 Å². The zero-order chi connectivity index (χ0) is 20.6. The van der Waals surface area contributed by atoms with Crippen molar-refractivity contribution in [1.29, 1.82) is 0 Å². The number of likely N-dealkylation sites (tertiary alicyclic amines) is 1. The lowest BCUT2D eigenvalue weighted by atomic mass is 9.96. The first-order chi connectivity index (χ1) is 14.1. The first-order valence-corrected chi connectivity index (χ1v) is 11.6. The molecule has 3 rings (SSSR count). The Labute approximate surface area is 178 Å². The molecule has 154 valence electrons. The Morgan fingerprint density at radius 2 is 1.93 bits per heavy atom. The zero-order valence-corrected chi connectivity index (χ0v) is 17.9. The number of carbonyl (C=O) groups excluding carboxylic acids is 3. The van der Waals surface area contributed by atoms with Gasteiger partial charge in [0.25, 0.3) is 5.91 Å². The van der Waals surface area contributed by atoms with Gasteiger partial charge >= 0.3 is 11.8 Å². The molecule has 1 saturated heterocycles. The predicted octanol–water partition coefficient (Wildman–Crippen LogP) is 2.15. The summed E-state index contributed by atoms with van der Waals surface area (Å²) in [5.41, 5.74) is 0.633. The number of piperidine rings is 1. The highest BCUT2D eigenvalue weighted by molar-refractivity contribution is 7.98. The monoisotopic (exact) mass is 432 g/mol. The van der Waals surface area contributed by atoms with Gasteiger partial charge in [-0.2, -0.15) is 0 Å². The maximum Gasteiger partial charge on any atom is 0.309 e. The molecular formula is C20H24N4O3S2. The second-order valence-corrected chi connectivity index (χ2v) is 8.60. The van der Waals surface area contributed by atoms with E-state index in [9.17, 15) is 14.4 Å². The van der Waals surface area contributed by atoms with E-state index in [-0.39, 0.29) is 11.8 Å². The van der Waals surface area contributed by atoms with Gasteiger partial charge in [-0.15, -0.1) is 23.1 Å². The molecule has 7 nitrogen and oxygen atoms in total. The van der Waals surface area contributed by atoms with Crippen LogP contribution in [0.1, 0.15) is 28.1 Å². The molecule has 1 fully saturated rings. The fraction of sp³-hybridized carbons (Fsp3) is 0.400. The third-order valence-electron chi connectivity index (χ3n) is 4.86. The normalized spacial score (nSPS) is 14.4. The second kappa shape index (κ2) is 10.4. The first kappa shape index (κ1) is 21.3. The Hall–Kier alpha value is -2.39. The van der Waals surface area contributed by atoms with Crippen molar-refractivity contribution in [2.24, 2.45) is 5.92 Å². The van der Waals surface area contributed by atoms with Crippen molar-refractivity contribution < 1.29 is 14.4 Å². The second-order valence-electron chi connectivity index (χ2n) is 6.77. The average Bonchev–Trinajstić information content (AvgIpc) is 3.29. The molecule has 9 heteroatoms. The van der Waals surface area contributed by atoms with E-state index >= 15 is 0 Å². The lowest BCUT2D eigenvalue weighted by Crippen LogP contribution is -2.44. The topological polar surface area (TPSA) is 91.4 Å². The number of hydrogen-bond donors (Lipinski definition) is 2. The number of hydrogen-bond acceptors (Lipinski definition) is 6. The minimum Gasteiger partial charge on any atom is -0.348 e. The number of thiophene rings is 1. The fourth-order valence-electron chi connectivity index (χ4n) is 3.20.